The third-order valence-corrected chi connectivity index (χ3v) is 4.83. The van der Waals surface area contributed by atoms with E-state index in [0.717, 1.165) is 18.8 Å². The summed E-state index contributed by atoms with van der Waals surface area (Å²) in [6, 6.07) is 2.65. The van der Waals surface area contributed by atoms with E-state index in [9.17, 15) is 0 Å². The van der Waals surface area contributed by atoms with Crippen LogP contribution in [0.15, 0.2) is 23.8 Å². The third kappa shape index (κ3) is 4.17. The highest BCUT2D eigenvalue weighted by Gasteiger charge is 2.15. The van der Waals surface area contributed by atoms with Crippen molar-refractivity contribution in [1.82, 2.24) is 14.9 Å². The number of aromatic nitrogens is 2. The maximum absolute atomic E-state index is 4.71. The Hall–Kier alpha value is -1.13. The number of rotatable bonds is 7. The van der Waals surface area contributed by atoms with Crippen LogP contribution >= 0.6 is 11.3 Å². The summed E-state index contributed by atoms with van der Waals surface area (Å²) in [5.41, 5.74) is 2.53. The van der Waals surface area contributed by atoms with Crippen LogP contribution in [-0.2, 0) is 6.54 Å². The van der Waals surface area contributed by atoms with Crippen LogP contribution in [0.5, 0.6) is 0 Å². The van der Waals surface area contributed by atoms with Gasteiger partial charge in [0.25, 0.3) is 0 Å². The molecule has 0 aromatic carbocycles. The van der Waals surface area contributed by atoms with Crippen molar-refractivity contribution in [2.24, 2.45) is 5.92 Å². The lowest BCUT2D eigenvalue weighted by atomic mass is 9.98. The molecule has 0 spiro atoms. The molecule has 2 aromatic heterocycles. The molecule has 2 heterocycles. The molecule has 1 atom stereocenters. The van der Waals surface area contributed by atoms with Gasteiger partial charge in [0.15, 0.2) is 0 Å². The van der Waals surface area contributed by atoms with Crippen molar-refractivity contribution < 1.29 is 0 Å². The minimum Gasteiger partial charge on any atom is -0.348 e. The molecule has 0 bridgehead atoms. The van der Waals surface area contributed by atoms with Gasteiger partial charge in [-0.3, -0.25) is 0 Å². The van der Waals surface area contributed by atoms with Crippen molar-refractivity contribution in [3.8, 4) is 0 Å². The highest BCUT2D eigenvalue weighted by Crippen LogP contribution is 2.23. The molecule has 0 saturated carbocycles. The molecule has 2 aromatic rings. The summed E-state index contributed by atoms with van der Waals surface area (Å²) in [4.78, 5) is 4.71. The van der Waals surface area contributed by atoms with Crippen LogP contribution < -0.4 is 5.32 Å². The summed E-state index contributed by atoms with van der Waals surface area (Å²) in [5.74, 6) is 1.11. The van der Waals surface area contributed by atoms with Crippen molar-refractivity contribution in [2.45, 2.75) is 53.1 Å². The molecule has 116 valence electrons. The summed E-state index contributed by atoms with van der Waals surface area (Å²) in [7, 11) is 0. The first kappa shape index (κ1) is 16.2. The molecule has 21 heavy (non-hydrogen) atoms. The van der Waals surface area contributed by atoms with Crippen molar-refractivity contribution in [3.05, 3.63) is 40.1 Å². The van der Waals surface area contributed by atoms with Gasteiger partial charge >= 0.3 is 0 Å². The Bertz CT molecular complexity index is 554. The Balaban J connectivity index is 2.08. The van der Waals surface area contributed by atoms with Crippen LogP contribution in [0.2, 0.25) is 0 Å². The van der Waals surface area contributed by atoms with Gasteiger partial charge in [0.05, 0.1) is 17.2 Å². The Morgan fingerprint density at radius 1 is 1.29 bits per heavy atom. The summed E-state index contributed by atoms with van der Waals surface area (Å²) < 4.78 is 2.24. The van der Waals surface area contributed by atoms with Gasteiger partial charge in [-0.25, -0.2) is 4.98 Å². The molecule has 0 aliphatic heterocycles. The lowest BCUT2D eigenvalue weighted by Crippen LogP contribution is -2.25. The smallest absolute Gasteiger partial charge is 0.0954 e. The van der Waals surface area contributed by atoms with Gasteiger partial charge in [-0.05, 0) is 24.1 Å². The molecular weight excluding hydrogens is 278 g/mol. The molecule has 0 aliphatic rings. The fourth-order valence-corrected chi connectivity index (χ4v) is 3.37. The predicted molar refractivity (Wildman–Crippen MR) is 91.0 cm³/mol. The summed E-state index contributed by atoms with van der Waals surface area (Å²) in [6.07, 6.45) is 4.41. The van der Waals surface area contributed by atoms with E-state index in [2.05, 4.69) is 68.3 Å². The predicted octanol–water partition coefficient (Wildman–Crippen LogP) is 4.42. The van der Waals surface area contributed by atoms with E-state index in [1.807, 2.05) is 0 Å². The molecule has 1 N–H and O–H groups in total. The van der Waals surface area contributed by atoms with Crippen LogP contribution in [0, 0.1) is 5.92 Å². The van der Waals surface area contributed by atoms with Gasteiger partial charge in [0.1, 0.15) is 0 Å². The van der Waals surface area contributed by atoms with E-state index >= 15 is 0 Å². The number of nitrogens with zero attached hydrogens (tertiary/aromatic N) is 2. The quantitative estimate of drug-likeness (QED) is 0.820. The Morgan fingerprint density at radius 2 is 2.05 bits per heavy atom. The lowest BCUT2D eigenvalue weighted by Gasteiger charge is -2.20. The molecule has 0 aliphatic carbocycles. The number of nitrogens with one attached hydrogen (secondary N) is 1. The molecule has 2 rings (SSSR count). The largest absolute Gasteiger partial charge is 0.348 e. The summed E-state index contributed by atoms with van der Waals surface area (Å²) in [5, 5.41) is 6.97. The van der Waals surface area contributed by atoms with Crippen LogP contribution in [0.4, 0.5) is 0 Å². The van der Waals surface area contributed by atoms with Crippen LogP contribution in [0.1, 0.15) is 62.8 Å². The first-order chi connectivity index (χ1) is 10.0. The molecule has 4 heteroatoms. The standard InChI is InChI=1S/C17H27N3S/c1-6-18-16(12(2)3)14-7-8-20(9-14)10-15-11-21-17(19-15)13(4)5/h7-9,11-13,16,18H,6,10H2,1-5H3. The van der Waals surface area contributed by atoms with Crippen molar-refractivity contribution in [3.63, 3.8) is 0 Å². The van der Waals surface area contributed by atoms with Crippen LogP contribution in [0.3, 0.4) is 0 Å². The van der Waals surface area contributed by atoms with Crippen LogP contribution in [0.25, 0.3) is 0 Å². The minimum absolute atomic E-state index is 0.429. The van der Waals surface area contributed by atoms with E-state index < -0.39 is 0 Å². The van der Waals surface area contributed by atoms with Gasteiger partial charge < -0.3 is 9.88 Å². The van der Waals surface area contributed by atoms with Crippen LogP contribution in [-0.4, -0.2) is 16.1 Å². The van der Waals surface area contributed by atoms with Crippen molar-refractivity contribution >= 4 is 11.3 Å². The monoisotopic (exact) mass is 305 g/mol. The second-order valence-corrected chi connectivity index (χ2v) is 7.12. The molecule has 0 fully saturated rings. The third-order valence-electron chi connectivity index (χ3n) is 3.63. The Morgan fingerprint density at radius 3 is 2.62 bits per heavy atom. The van der Waals surface area contributed by atoms with E-state index in [0.29, 0.717) is 17.9 Å². The molecule has 0 amide bonds. The van der Waals surface area contributed by atoms with Gasteiger partial charge in [-0.1, -0.05) is 34.6 Å². The van der Waals surface area contributed by atoms with E-state index in [-0.39, 0.29) is 0 Å². The van der Waals surface area contributed by atoms with Gasteiger partial charge in [0, 0.05) is 29.7 Å². The van der Waals surface area contributed by atoms with E-state index in [1.54, 1.807) is 11.3 Å². The normalized spacial score (nSPS) is 13.3. The number of hydrogen-bond acceptors (Lipinski definition) is 3. The SMILES string of the molecule is CCNC(c1ccn(Cc2csc(C(C)C)n2)c1)C(C)C. The second kappa shape index (κ2) is 7.23. The average Bonchev–Trinajstić information content (AvgIpc) is 3.05. The summed E-state index contributed by atoms with van der Waals surface area (Å²) >= 11 is 1.77. The average molecular weight is 305 g/mol. The summed E-state index contributed by atoms with van der Waals surface area (Å²) in [6.45, 7) is 12.9. The highest BCUT2D eigenvalue weighted by atomic mass is 32.1. The lowest BCUT2D eigenvalue weighted by molar-refractivity contribution is 0.421. The zero-order chi connectivity index (χ0) is 15.4. The Labute approximate surface area is 132 Å². The topological polar surface area (TPSA) is 29.9 Å². The number of hydrogen-bond donors (Lipinski definition) is 1. The molecule has 1 unspecified atom stereocenters. The van der Waals surface area contributed by atoms with Gasteiger partial charge in [-0.2, -0.15) is 0 Å². The fraction of sp³-hybridized carbons (Fsp3) is 0.588. The van der Waals surface area contributed by atoms with Gasteiger partial charge in [-0.15, -0.1) is 11.3 Å². The molecule has 0 saturated heterocycles. The maximum atomic E-state index is 4.71. The van der Waals surface area contributed by atoms with E-state index in [1.165, 1.54) is 10.6 Å². The van der Waals surface area contributed by atoms with Crippen molar-refractivity contribution in [2.75, 3.05) is 6.54 Å². The number of thiazole rings is 1. The minimum atomic E-state index is 0.429. The Kier molecular flexibility index (Phi) is 5.59. The highest BCUT2D eigenvalue weighted by molar-refractivity contribution is 7.09. The first-order valence-electron chi connectivity index (χ1n) is 7.84. The zero-order valence-corrected chi connectivity index (χ0v) is 14.6. The zero-order valence-electron chi connectivity index (χ0n) is 13.8. The first-order valence-corrected chi connectivity index (χ1v) is 8.72. The second-order valence-electron chi connectivity index (χ2n) is 6.23. The molecule has 3 nitrogen and oxygen atoms in total. The van der Waals surface area contributed by atoms with E-state index in [4.69, 9.17) is 4.98 Å². The molecule has 0 radical (unpaired) electrons. The fourth-order valence-electron chi connectivity index (χ4n) is 2.55. The van der Waals surface area contributed by atoms with Gasteiger partial charge in [0.2, 0.25) is 0 Å². The molecular formula is C17H27N3S. The maximum Gasteiger partial charge on any atom is 0.0954 e. The van der Waals surface area contributed by atoms with Crippen molar-refractivity contribution in [1.29, 1.82) is 0 Å².